The summed E-state index contributed by atoms with van der Waals surface area (Å²) in [6, 6.07) is 0. The maximum Gasteiger partial charge on any atom is 0.191 e. The molecule has 6 heteroatoms. The first-order chi connectivity index (χ1) is 7.65. The number of nitrogens with two attached hydrogens (primary N) is 3. The van der Waals surface area contributed by atoms with Gasteiger partial charge in [0.05, 0.1) is 0 Å². The van der Waals surface area contributed by atoms with Crippen LogP contribution in [-0.2, 0) is 0 Å². The largest absolute Gasteiger partial charge is 0.393 e. The van der Waals surface area contributed by atoms with E-state index >= 15 is 0 Å². The number of anilines is 3. The van der Waals surface area contributed by atoms with E-state index in [1.165, 1.54) is 19.3 Å². The molecule has 0 atom stereocenters. The zero-order valence-corrected chi connectivity index (χ0v) is 10.4. The summed E-state index contributed by atoms with van der Waals surface area (Å²) < 4.78 is 0. The molecule has 6 N–H and O–H groups in total. The van der Waals surface area contributed by atoms with Crippen LogP contribution in [0, 0.1) is 0 Å². The Balaban J connectivity index is 2.43. The molecule has 5 nitrogen and oxygen atoms in total. The number of nitrogens with zero attached hydrogens (tertiary/aromatic N) is 2. The smallest absolute Gasteiger partial charge is 0.191 e. The van der Waals surface area contributed by atoms with Crippen molar-refractivity contribution in [1.82, 2.24) is 9.97 Å². The number of hydrogen-bond donors (Lipinski definition) is 3. The van der Waals surface area contributed by atoms with E-state index in [1.54, 1.807) is 11.8 Å². The van der Waals surface area contributed by atoms with Gasteiger partial charge < -0.3 is 17.2 Å². The van der Waals surface area contributed by atoms with Crippen molar-refractivity contribution < 1.29 is 0 Å². The quantitative estimate of drug-likeness (QED) is 0.306. The summed E-state index contributed by atoms with van der Waals surface area (Å²) in [5.74, 6) is 1.52. The molecule has 1 rings (SSSR count). The van der Waals surface area contributed by atoms with Crippen LogP contribution in [0.5, 0.6) is 0 Å². The monoisotopic (exact) mass is 246 g/mol. The zero-order chi connectivity index (χ0) is 12.0. The van der Waals surface area contributed by atoms with Crippen molar-refractivity contribution in [2.24, 2.45) is 0 Å². The second kappa shape index (κ2) is 6.42. The topological polar surface area (TPSA) is 104 Å². The normalized spacial score (nSPS) is 10.6. The van der Waals surface area contributed by atoms with Crippen LogP contribution < -0.4 is 17.2 Å². The average molecular weight is 246 g/mol. The first-order valence-electron chi connectivity index (χ1n) is 5.46. The van der Waals surface area contributed by atoms with Gasteiger partial charge in [0.1, 0.15) is 5.69 Å². The molecule has 0 radical (unpaired) electrons. The van der Waals surface area contributed by atoms with Crippen molar-refractivity contribution in [3.63, 3.8) is 0 Å². The summed E-state index contributed by atoms with van der Waals surface area (Å²) >= 11 is 1.57. The highest BCUT2D eigenvalue weighted by Crippen LogP contribution is 2.23. The third-order valence-electron chi connectivity index (χ3n) is 2.21. The van der Waals surface area contributed by atoms with E-state index in [0.29, 0.717) is 5.16 Å². The Morgan fingerprint density at radius 1 is 1.00 bits per heavy atom. The van der Waals surface area contributed by atoms with Crippen LogP contribution in [0.2, 0.25) is 0 Å². The summed E-state index contributed by atoms with van der Waals surface area (Å²) in [5.41, 5.74) is 17.0. The number of thioether (sulfide) groups is 1. The maximum absolute atomic E-state index is 5.60. The van der Waals surface area contributed by atoms with Crippen molar-refractivity contribution >= 4 is 29.1 Å². The van der Waals surface area contributed by atoms with E-state index in [2.05, 4.69) is 16.9 Å². The molecule has 0 aliphatic carbocycles. The molecule has 0 spiro atoms. The molecule has 16 heavy (non-hydrogen) atoms. The van der Waals surface area contributed by atoms with Gasteiger partial charge in [-0.25, -0.2) is 9.97 Å². The number of rotatable bonds is 6. The molecular weight excluding hydrogens is 227 g/mol. The Morgan fingerprint density at radius 3 is 2.19 bits per heavy atom. The van der Waals surface area contributed by atoms with Crippen LogP contribution in [0.3, 0.4) is 0 Å². The predicted molar refractivity (Wildman–Crippen MR) is 70.1 cm³/mol. The Morgan fingerprint density at radius 2 is 1.62 bits per heavy atom. The molecule has 0 aliphatic rings. The molecular formula is C10H19N5S. The first-order valence-corrected chi connectivity index (χ1v) is 6.45. The fourth-order valence-electron chi connectivity index (χ4n) is 1.24. The lowest BCUT2D eigenvalue weighted by molar-refractivity contribution is 0.706. The van der Waals surface area contributed by atoms with Crippen LogP contribution in [0.25, 0.3) is 0 Å². The second-order valence-electron chi connectivity index (χ2n) is 3.60. The van der Waals surface area contributed by atoms with Crippen LogP contribution >= 0.6 is 11.8 Å². The standard InChI is InChI=1S/C10H19N5S/c1-2-3-4-5-6-16-10-14-8(12)7(11)9(13)15-10/h2-6,11H2,1H3,(H4,12,13,14,15)/i11+1,12+1,13+1,14+1,15+1. The number of unbranched alkanes of at least 4 members (excludes halogenated alkanes) is 3. The Hall–Kier alpha value is -1.17. The van der Waals surface area contributed by atoms with Gasteiger partial charge in [-0.1, -0.05) is 37.9 Å². The van der Waals surface area contributed by atoms with E-state index in [4.69, 9.17) is 17.2 Å². The van der Waals surface area contributed by atoms with Gasteiger partial charge in [-0.05, 0) is 6.42 Å². The van der Waals surface area contributed by atoms with Crippen molar-refractivity contribution in [2.45, 2.75) is 37.8 Å². The highest BCUT2D eigenvalue weighted by Gasteiger charge is 2.06. The third-order valence-corrected chi connectivity index (χ3v) is 3.15. The van der Waals surface area contributed by atoms with E-state index in [-0.39, 0.29) is 17.3 Å². The molecule has 0 amide bonds. The first kappa shape index (κ1) is 12.9. The lowest BCUT2D eigenvalue weighted by Gasteiger charge is -2.05. The van der Waals surface area contributed by atoms with Gasteiger partial charge in [0.15, 0.2) is 16.8 Å². The molecule has 1 heterocycles. The molecule has 1 aromatic heterocycles. The van der Waals surface area contributed by atoms with Crippen LogP contribution in [0.1, 0.15) is 32.6 Å². The molecule has 0 bridgehead atoms. The minimum Gasteiger partial charge on any atom is -0.393 e. The SMILES string of the molecule is CCCCCCSc1[15n]c([15NH2])c([15NH2])c([15NH2])[15n]1. The zero-order valence-electron chi connectivity index (χ0n) is 9.57. The second-order valence-corrected chi connectivity index (χ2v) is 4.66. The molecule has 1 aromatic rings. The van der Waals surface area contributed by atoms with Crippen LogP contribution in [0.4, 0.5) is 17.3 Å². The summed E-state index contributed by atoms with van der Waals surface area (Å²) in [7, 11) is 0. The highest BCUT2D eigenvalue weighted by atomic mass is 32.2. The Bertz CT molecular complexity index is 319. The van der Waals surface area contributed by atoms with E-state index in [1.807, 2.05) is 0 Å². The number of nitrogen functional groups attached to an aromatic ring is 3. The van der Waals surface area contributed by atoms with Crippen molar-refractivity contribution in [1.29, 1.82) is 0 Å². The summed E-state index contributed by atoms with van der Waals surface area (Å²) in [6.07, 6.45) is 4.91. The average Bonchev–Trinajstić information content (AvgIpc) is 2.25. The number of aromatic nitrogens is 2. The molecule has 0 unspecified atom stereocenters. The summed E-state index contributed by atoms with van der Waals surface area (Å²) in [6.45, 7) is 2.19. The minimum absolute atomic E-state index is 0.267. The van der Waals surface area contributed by atoms with Crippen molar-refractivity contribution in [3.05, 3.63) is 0 Å². The van der Waals surface area contributed by atoms with Gasteiger partial charge in [0, 0.05) is 5.75 Å². The molecule has 0 aromatic carbocycles. The predicted octanol–water partition coefficient (Wildman–Crippen LogP) is 1.90. The van der Waals surface area contributed by atoms with Gasteiger partial charge in [-0.3, -0.25) is 0 Å². The molecule has 0 saturated heterocycles. The van der Waals surface area contributed by atoms with Crippen LogP contribution in [0.15, 0.2) is 5.16 Å². The third kappa shape index (κ3) is 3.77. The molecule has 0 aliphatic heterocycles. The maximum atomic E-state index is 5.60. The van der Waals surface area contributed by atoms with Crippen molar-refractivity contribution in [3.8, 4) is 0 Å². The van der Waals surface area contributed by atoms with Gasteiger partial charge >= 0.3 is 0 Å². The molecule has 0 saturated carbocycles. The molecule has 90 valence electrons. The van der Waals surface area contributed by atoms with E-state index < -0.39 is 0 Å². The van der Waals surface area contributed by atoms with Gasteiger partial charge in [0.25, 0.3) is 0 Å². The Kier molecular flexibility index (Phi) is 5.18. The lowest BCUT2D eigenvalue weighted by atomic mass is 10.2. The summed E-state index contributed by atoms with van der Waals surface area (Å²) in [5, 5.41) is 0.612. The van der Waals surface area contributed by atoms with Crippen molar-refractivity contribution in [2.75, 3.05) is 23.0 Å². The van der Waals surface area contributed by atoms with E-state index in [9.17, 15) is 0 Å². The van der Waals surface area contributed by atoms with E-state index in [0.717, 1.165) is 12.2 Å². The molecule has 0 fully saturated rings. The van der Waals surface area contributed by atoms with Crippen LogP contribution in [-0.4, -0.2) is 15.7 Å². The fraction of sp³-hybridized carbons (Fsp3) is 0.600. The van der Waals surface area contributed by atoms with Gasteiger partial charge in [-0.2, -0.15) is 0 Å². The minimum atomic E-state index is 0.267. The Labute approximate surface area is 100 Å². The fourth-order valence-corrected chi connectivity index (χ4v) is 2.10. The number of hydrogen-bond acceptors (Lipinski definition) is 6. The summed E-state index contributed by atoms with van der Waals surface area (Å²) in [4.78, 5) is 8.15. The van der Waals surface area contributed by atoms with Gasteiger partial charge in [0.2, 0.25) is 0 Å². The lowest BCUT2D eigenvalue weighted by Crippen LogP contribution is -2.06. The van der Waals surface area contributed by atoms with Gasteiger partial charge in [-0.15, -0.1) is 0 Å². The highest BCUT2D eigenvalue weighted by molar-refractivity contribution is 7.99.